The molecule has 4 aromatic rings. The van der Waals surface area contributed by atoms with Crippen molar-refractivity contribution >= 4 is 27.9 Å². The number of hydrogen-bond donors (Lipinski definition) is 1. The zero-order chi connectivity index (χ0) is 17.4. The molecule has 0 fully saturated rings. The van der Waals surface area contributed by atoms with Gasteiger partial charge in [0.15, 0.2) is 4.96 Å². The number of halogens is 2. The van der Waals surface area contributed by atoms with E-state index in [0.29, 0.717) is 11.8 Å². The van der Waals surface area contributed by atoms with Crippen LogP contribution in [0.2, 0.25) is 0 Å². The molecule has 0 aliphatic carbocycles. The lowest BCUT2D eigenvalue weighted by Crippen LogP contribution is -2.13. The van der Waals surface area contributed by atoms with Crippen molar-refractivity contribution in [2.45, 2.75) is 0 Å². The third kappa shape index (κ3) is 3.01. The molecule has 0 bridgehead atoms. The third-order valence-electron chi connectivity index (χ3n) is 3.69. The molecule has 4 rings (SSSR count). The van der Waals surface area contributed by atoms with E-state index < -0.39 is 17.5 Å². The molecule has 0 atom stereocenters. The number of rotatable bonds is 3. The number of carbonyl (C=O) groups excluding carboxylic acids is 1. The maximum absolute atomic E-state index is 13.7. The van der Waals surface area contributed by atoms with Gasteiger partial charge in [-0.2, -0.15) is 0 Å². The Kier molecular flexibility index (Phi) is 3.77. The van der Waals surface area contributed by atoms with Crippen molar-refractivity contribution in [3.63, 3.8) is 0 Å². The van der Waals surface area contributed by atoms with Gasteiger partial charge in [0.1, 0.15) is 11.6 Å². The van der Waals surface area contributed by atoms with Crippen LogP contribution in [-0.4, -0.2) is 15.3 Å². The molecule has 4 nitrogen and oxygen atoms in total. The van der Waals surface area contributed by atoms with Crippen molar-refractivity contribution < 1.29 is 13.6 Å². The van der Waals surface area contributed by atoms with E-state index in [9.17, 15) is 13.6 Å². The molecule has 0 radical (unpaired) electrons. The second-order valence-electron chi connectivity index (χ2n) is 5.38. The van der Waals surface area contributed by atoms with E-state index >= 15 is 0 Å². The minimum atomic E-state index is -0.900. The van der Waals surface area contributed by atoms with Gasteiger partial charge in [0.25, 0.3) is 5.91 Å². The van der Waals surface area contributed by atoms with Gasteiger partial charge in [0.05, 0.1) is 11.3 Å². The van der Waals surface area contributed by atoms with Gasteiger partial charge < -0.3 is 5.32 Å². The number of thiazole rings is 1. The molecular formula is C18H11F2N3OS. The predicted molar refractivity (Wildman–Crippen MR) is 92.8 cm³/mol. The smallest absolute Gasteiger partial charge is 0.258 e. The van der Waals surface area contributed by atoms with Crippen molar-refractivity contribution in [2.75, 3.05) is 5.32 Å². The molecule has 0 saturated heterocycles. The summed E-state index contributed by atoms with van der Waals surface area (Å²) in [4.78, 5) is 17.6. The molecule has 7 heteroatoms. The second kappa shape index (κ2) is 6.10. The Hall–Kier alpha value is -3.06. The Morgan fingerprint density at radius 1 is 1.16 bits per heavy atom. The number of hydrogen-bond acceptors (Lipinski definition) is 3. The van der Waals surface area contributed by atoms with Gasteiger partial charge >= 0.3 is 0 Å². The second-order valence-corrected chi connectivity index (χ2v) is 6.25. The summed E-state index contributed by atoms with van der Waals surface area (Å²) in [5.41, 5.74) is 1.89. The lowest BCUT2D eigenvalue weighted by Gasteiger charge is -2.07. The molecule has 25 heavy (non-hydrogen) atoms. The SMILES string of the molecule is O=C(Nc1cccc(-c2cn3ccsc3n2)c1)c1ccc(F)cc1F. The number of nitrogens with one attached hydrogen (secondary N) is 1. The maximum Gasteiger partial charge on any atom is 0.258 e. The lowest BCUT2D eigenvalue weighted by atomic mass is 10.1. The van der Waals surface area contributed by atoms with Crippen LogP contribution in [0.3, 0.4) is 0 Å². The fraction of sp³-hybridized carbons (Fsp3) is 0. The van der Waals surface area contributed by atoms with Crippen LogP contribution in [0.15, 0.2) is 60.2 Å². The fourth-order valence-electron chi connectivity index (χ4n) is 2.49. The summed E-state index contributed by atoms with van der Waals surface area (Å²) in [5.74, 6) is -2.26. The summed E-state index contributed by atoms with van der Waals surface area (Å²) in [7, 11) is 0. The minimum Gasteiger partial charge on any atom is -0.322 e. The van der Waals surface area contributed by atoms with Crippen molar-refractivity contribution in [1.29, 1.82) is 0 Å². The first kappa shape index (κ1) is 15.5. The molecule has 124 valence electrons. The van der Waals surface area contributed by atoms with Crippen molar-refractivity contribution in [2.24, 2.45) is 0 Å². The lowest BCUT2D eigenvalue weighted by molar-refractivity contribution is 0.102. The van der Waals surface area contributed by atoms with Crippen LogP contribution >= 0.6 is 11.3 Å². The fourth-order valence-corrected chi connectivity index (χ4v) is 3.19. The molecule has 2 heterocycles. The Labute approximate surface area is 145 Å². The Bertz CT molecular complexity index is 1060. The first-order valence-corrected chi connectivity index (χ1v) is 8.27. The maximum atomic E-state index is 13.7. The van der Waals surface area contributed by atoms with Crippen LogP contribution in [0.4, 0.5) is 14.5 Å². The van der Waals surface area contributed by atoms with Gasteiger partial charge in [-0.25, -0.2) is 13.8 Å². The van der Waals surface area contributed by atoms with Gasteiger partial charge in [0, 0.05) is 35.1 Å². The standard InChI is InChI=1S/C18H11F2N3OS/c19-12-4-5-14(15(20)9-12)17(24)21-13-3-1-2-11(8-13)16-10-23-6-7-25-18(23)22-16/h1-10H,(H,21,24). The molecule has 1 amide bonds. The van der Waals surface area contributed by atoms with Crippen molar-refractivity contribution in [3.05, 3.63) is 77.4 Å². The quantitative estimate of drug-likeness (QED) is 0.584. The zero-order valence-electron chi connectivity index (χ0n) is 12.7. The Balaban J connectivity index is 1.61. The predicted octanol–water partition coefficient (Wildman–Crippen LogP) is 4.59. The molecule has 1 N–H and O–H groups in total. The van der Waals surface area contributed by atoms with Gasteiger partial charge in [-0.05, 0) is 24.3 Å². The molecule has 0 unspecified atom stereocenters. The monoisotopic (exact) mass is 355 g/mol. The highest BCUT2D eigenvalue weighted by Crippen LogP contribution is 2.24. The highest BCUT2D eigenvalue weighted by atomic mass is 32.1. The number of amides is 1. The summed E-state index contributed by atoms with van der Waals surface area (Å²) in [6.45, 7) is 0. The molecule has 2 aromatic carbocycles. The first-order chi connectivity index (χ1) is 12.1. The largest absolute Gasteiger partial charge is 0.322 e. The average Bonchev–Trinajstić information content (AvgIpc) is 3.16. The highest BCUT2D eigenvalue weighted by Gasteiger charge is 2.13. The van der Waals surface area contributed by atoms with Crippen molar-refractivity contribution in [1.82, 2.24) is 9.38 Å². The average molecular weight is 355 g/mol. The summed E-state index contributed by atoms with van der Waals surface area (Å²) in [6.07, 6.45) is 3.81. The Morgan fingerprint density at radius 2 is 2.04 bits per heavy atom. The molecule has 0 aliphatic heterocycles. The summed E-state index contributed by atoms with van der Waals surface area (Å²) >= 11 is 1.53. The van der Waals surface area contributed by atoms with Gasteiger partial charge in [0.2, 0.25) is 0 Å². The van der Waals surface area contributed by atoms with E-state index in [-0.39, 0.29) is 5.56 Å². The van der Waals surface area contributed by atoms with Crippen molar-refractivity contribution in [3.8, 4) is 11.3 Å². The van der Waals surface area contributed by atoms with Crippen LogP contribution in [-0.2, 0) is 0 Å². The van der Waals surface area contributed by atoms with Crippen LogP contribution < -0.4 is 5.32 Å². The number of imidazole rings is 1. The molecule has 0 aliphatic rings. The highest BCUT2D eigenvalue weighted by molar-refractivity contribution is 7.15. The molecule has 0 saturated carbocycles. The number of carbonyl (C=O) groups is 1. The topological polar surface area (TPSA) is 46.4 Å². The normalized spacial score (nSPS) is 11.0. The summed E-state index contributed by atoms with van der Waals surface area (Å²) in [5, 5.41) is 4.57. The number of nitrogens with zero attached hydrogens (tertiary/aromatic N) is 2. The van der Waals surface area contributed by atoms with Crippen LogP contribution in [0.5, 0.6) is 0 Å². The van der Waals surface area contributed by atoms with E-state index in [4.69, 9.17) is 0 Å². The summed E-state index contributed by atoms with van der Waals surface area (Å²) in [6, 6.07) is 9.95. The summed E-state index contributed by atoms with van der Waals surface area (Å²) < 4.78 is 28.6. The third-order valence-corrected chi connectivity index (χ3v) is 4.46. The zero-order valence-corrected chi connectivity index (χ0v) is 13.6. The van der Waals surface area contributed by atoms with E-state index in [0.717, 1.165) is 28.4 Å². The van der Waals surface area contributed by atoms with Crippen LogP contribution in [0.1, 0.15) is 10.4 Å². The van der Waals surface area contributed by atoms with Gasteiger partial charge in [-0.1, -0.05) is 12.1 Å². The molecular weight excluding hydrogens is 344 g/mol. The Morgan fingerprint density at radius 3 is 2.84 bits per heavy atom. The van der Waals surface area contributed by atoms with E-state index in [1.807, 2.05) is 28.2 Å². The molecule has 2 aromatic heterocycles. The van der Waals surface area contributed by atoms with Crippen LogP contribution in [0.25, 0.3) is 16.2 Å². The number of fused-ring (bicyclic) bond motifs is 1. The van der Waals surface area contributed by atoms with Crippen LogP contribution in [0, 0.1) is 11.6 Å². The van der Waals surface area contributed by atoms with E-state index in [2.05, 4.69) is 10.3 Å². The molecule has 0 spiro atoms. The number of benzene rings is 2. The van der Waals surface area contributed by atoms with E-state index in [1.54, 1.807) is 18.2 Å². The first-order valence-electron chi connectivity index (χ1n) is 7.39. The minimum absolute atomic E-state index is 0.214. The number of aromatic nitrogens is 2. The van der Waals surface area contributed by atoms with E-state index in [1.165, 1.54) is 11.3 Å². The van der Waals surface area contributed by atoms with Gasteiger partial charge in [-0.15, -0.1) is 11.3 Å². The number of anilines is 1. The van der Waals surface area contributed by atoms with Gasteiger partial charge in [-0.3, -0.25) is 9.20 Å².